The van der Waals surface area contributed by atoms with Crippen LogP contribution in [0, 0.1) is 0 Å². The molecule has 0 saturated carbocycles. The van der Waals surface area contributed by atoms with Gasteiger partial charge in [0, 0.05) is 30.2 Å². The molecule has 15 heteroatoms. The van der Waals surface area contributed by atoms with Gasteiger partial charge in [0.25, 0.3) is 6.01 Å². The Morgan fingerprint density at radius 2 is 1.89 bits per heavy atom. The Labute approximate surface area is 203 Å². The summed E-state index contributed by atoms with van der Waals surface area (Å²) >= 11 is 1.20. The third-order valence-corrected chi connectivity index (χ3v) is 7.00. The molecule has 1 amide bonds. The van der Waals surface area contributed by atoms with Gasteiger partial charge < -0.3 is 19.2 Å². The van der Waals surface area contributed by atoms with Gasteiger partial charge in [-0.15, -0.1) is 11.3 Å². The number of hydrogen-bond acceptors (Lipinski definition) is 7. The van der Waals surface area contributed by atoms with E-state index in [-0.39, 0.29) is 42.3 Å². The maximum atomic E-state index is 13.8. The summed E-state index contributed by atoms with van der Waals surface area (Å²) in [5, 5.41) is 11.5. The molecule has 2 fully saturated rings. The molecule has 2 bridgehead atoms. The zero-order valence-electron chi connectivity index (χ0n) is 18.2. The Kier molecular flexibility index (Phi) is 6.01. The molecule has 2 saturated heterocycles. The molecule has 8 nitrogen and oxygen atoms in total. The first-order valence-corrected chi connectivity index (χ1v) is 11.6. The number of hydrogen-bond donors (Lipinski definition) is 1. The van der Waals surface area contributed by atoms with Crippen LogP contribution in [0.3, 0.4) is 0 Å². The molecular weight excluding hydrogens is 518 g/mol. The van der Waals surface area contributed by atoms with E-state index in [2.05, 4.69) is 14.7 Å². The van der Waals surface area contributed by atoms with Gasteiger partial charge in [0.2, 0.25) is 0 Å². The lowest BCUT2D eigenvalue weighted by Crippen LogP contribution is -2.55. The van der Waals surface area contributed by atoms with E-state index >= 15 is 0 Å². The molecule has 4 heterocycles. The SMILES string of the molecule is O=C(O)N1C2CCC1CN(c1nc3c(C(OCC(F)(F)F)C(F)(F)F)ccc(-c4nccs4)c3o1)C2. The summed E-state index contributed by atoms with van der Waals surface area (Å²) in [6.07, 6.45) is -11.4. The van der Waals surface area contributed by atoms with E-state index in [1.807, 2.05) is 0 Å². The highest BCUT2D eigenvalue weighted by Gasteiger charge is 2.47. The minimum Gasteiger partial charge on any atom is -0.465 e. The molecule has 2 aromatic heterocycles. The second-order valence-electron chi connectivity index (χ2n) is 8.54. The monoisotopic (exact) mass is 536 g/mol. The molecule has 5 rings (SSSR count). The number of nitrogens with zero attached hydrogens (tertiary/aromatic N) is 4. The molecule has 1 aromatic carbocycles. The van der Waals surface area contributed by atoms with Crippen molar-refractivity contribution >= 4 is 34.5 Å². The Hall–Kier alpha value is -3.07. The van der Waals surface area contributed by atoms with Crippen molar-refractivity contribution in [3.05, 3.63) is 29.3 Å². The van der Waals surface area contributed by atoms with Crippen molar-refractivity contribution in [1.82, 2.24) is 14.9 Å². The first-order valence-electron chi connectivity index (χ1n) is 10.8. The number of carboxylic acid groups (broad SMARTS) is 1. The fourth-order valence-corrected chi connectivity index (χ4v) is 5.46. The minimum atomic E-state index is -5.16. The zero-order chi connectivity index (χ0) is 25.8. The van der Waals surface area contributed by atoms with E-state index in [1.165, 1.54) is 28.5 Å². The highest BCUT2D eigenvalue weighted by molar-refractivity contribution is 7.13. The van der Waals surface area contributed by atoms with Gasteiger partial charge in [-0.2, -0.15) is 31.3 Å². The molecule has 194 valence electrons. The predicted octanol–water partition coefficient (Wildman–Crippen LogP) is 5.46. The first-order chi connectivity index (χ1) is 16.9. The smallest absolute Gasteiger partial charge is 0.418 e. The van der Waals surface area contributed by atoms with Gasteiger partial charge in [0.1, 0.15) is 17.1 Å². The fourth-order valence-electron chi connectivity index (χ4n) is 4.80. The average Bonchev–Trinajstić information content (AvgIpc) is 3.50. The number of amides is 1. The van der Waals surface area contributed by atoms with Crippen molar-refractivity contribution in [2.24, 2.45) is 0 Å². The van der Waals surface area contributed by atoms with Crippen LogP contribution in [0.2, 0.25) is 0 Å². The number of alkyl halides is 6. The van der Waals surface area contributed by atoms with Gasteiger partial charge in [-0.1, -0.05) is 6.07 Å². The number of carbonyl (C=O) groups is 1. The second kappa shape index (κ2) is 8.80. The second-order valence-corrected chi connectivity index (χ2v) is 9.44. The summed E-state index contributed by atoms with van der Waals surface area (Å²) in [7, 11) is 0. The highest BCUT2D eigenvalue weighted by atomic mass is 32.1. The largest absolute Gasteiger partial charge is 0.465 e. The minimum absolute atomic E-state index is 0.0473. The Balaban J connectivity index is 1.59. The van der Waals surface area contributed by atoms with Crippen molar-refractivity contribution in [2.75, 3.05) is 24.6 Å². The Bertz CT molecular complexity index is 1250. The topological polar surface area (TPSA) is 91.9 Å². The molecule has 0 radical (unpaired) electrons. The van der Waals surface area contributed by atoms with Crippen LogP contribution >= 0.6 is 11.3 Å². The van der Waals surface area contributed by atoms with Gasteiger partial charge in [0.15, 0.2) is 11.7 Å². The number of ether oxygens (including phenoxy) is 1. The molecule has 1 N–H and O–H groups in total. The Morgan fingerprint density at radius 1 is 1.19 bits per heavy atom. The molecule has 3 atom stereocenters. The van der Waals surface area contributed by atoms with Crippen molar-refractivity contribution in [3.8, 4) is 10.6 Å². The van der Waals surface area contributed by atoms with E-state index in [4.69, 9.17) is 4.42 Å². The lowest BCUT2D eigenvalue weighted by molar-refractivity contribution is -0.257. The summed E-state index contributed by atoms with van der Waals surface area (Å²) in [6, 6.07) is 1.58. The van der Waals surface area contributed by atoms with E-state index in [1.54, 1.807) is 10.3 Å². The standard InChI is InChI=1S/C21H18F6N4O4S/c22-20(23,24)9-34-16(21(25,26)27)12-3-4-13(17-28-5-6-36-17)15-14(12)29-18(35-15)30-7-10-1-2-11(8-30)31(10)19(32)33/h3-6,10-11,16H,1-2,7-9H2,(H,32,33). The van der Waals surface area contributed by atoms with E-state index in [0.29, 0.717) is 23.4 Å². The fraction of sp³-hybridized carbons (Fsp3) is 0.476. The zero-order valence-corrected chi connectivity index (χ0v) is 19.0. The molecule has 36 heavy (non-hydrogen) atoms. The Morgan fingerprint density at radius 3 is 2.44 bits per heavy atom. The maximum Gasteiger partial charge on any atom is 0.418 e. The van der Waals surface area contributed by atoms with Crippen LogP contribution in [-0.4, -0.2) is 70.2 Å². The van der Waals surface area contributed by atoms with Gasteiger partial charge in [-0.3, -0.25) is 4.90 Å². The number of anilines is 1. The van der Waals surface area contributed by atoms with Crippen molar-refractivity contribution in [2.45, 2.75) is 43.4 Å². The van der Waals surface area contributed by atoms with Crippen LogP contribution in [-0.2, 0) is 4.74 Å². The molecule has 3 unspecified atom stereocenters. The molecule has 0 spiro atoms. The number of benzene rings is 1. The van der Waals surface area contributed by atoms with E-state index in [9.17, 15) is 36.2 Å². The van der Waals surface area contributed by atoms with Crippen molar-refractivity contribution in [1.29, 1.82) is 0 Å². The summed E-state index contributed by atoms with van der Waals surface area (Å²) in [5.74, 6) is 0. The predicted molar refractivity (Wildman–Crippen MR) is 115 cm³/mol. The van der Waals surface area contributed by atoms with Crippen molar-refractivity contribution in [3.63, 3.8) is 0 Å². The van der Waals surface area contributed by atoms with Gasteiger partial charge in [0.05, 0.1) is 17.6 Å². The van der Waals surface area contributed by atoms with Gasteiger partial charge in [-0.05, 0) is 18.9 Å². The number of halogens is 6. The van der Waals surface area contributed by atoms with Crippen LogP contribution in [0.4, 0.5) is 37.2 Å². The lowest BCUT2D eigenvalue weighted by atomic mass is 10.0. The number of oxazole rings is 1. The number of rotatable bonds is 5. The number of thiazole rings is 1. The normalized spacial score (nSPS) is 21.4. The summed E-state index contributed by atoms with van der Waals surface area (Å²) in [4.78, 5) is 23.0. The van der Waals surface area contributed by atoms with Gasteiger partial charge in [-0.25, -0.2) is 9.78 Å². The molecule has 2 aliphatic heterocycles. The highest BCUT2D eigenvalue weighted by Crippen LogP contribution is 2.44. The summed E-state index contributed by atoms with van der Waals surface area (Å²) < 4.78 is 89.9. The van der Waals surface area contributed by atoms with Gasteiger partial charge >= 0.3 is 18.4 Å². The average molecular weight is 536 g/mol. The van der Waals surface area contributed by atoms with Crippen LogP contribution in [0.25, 0.3) is 21.7 Å². The first kappa shape index (κ1) is 24.6. The maximum absolute atomic E-state index is 13.8. The molecule has 2 aliphatic rings. The van der Waals surface area contributed by atoms with Crippen LogP contribution in [0.5, 0.6) is 0 Å². The summed E-state index contributed by atoms with van der Waals surface area (Å²) in [5.41, 5.74) is -0.666. The third kappa shape index (κ3) is 4.56. The number of aromatic nitrogens is 2. The third-order valence-electron chi connectivity index (χ3n) is 6.19. The van der Waals surface area contributed by atoms with Crippen LogP contribution < -0.4 is 4.90 Å². The quantitative estimate of drug-likeness (QED) is 0.433. The van der Waals surface area contributed by atoms with Crippen molar-refractivity contribution < 1.29 is 45.4 Å². The van der Waals surface area contributed by atoms with E-state index in [0.717, 1.165) is 6.07 Å². The summed E-state index contributed by atoms with van der Waals surface area (Å²) in [6.45, 7) is -1.67. The molecule has 3 aromatic rings. The van der Waals surface area contributed by atoms with Crippen LogP contribution in [0.15, 0.2) is 28.1 Å². The molecule has 0 aliphatic carbocycles. The number of fused-ring (bicyclic) bond motifs is 3. The lowest BCUT2D eigenvalue weighted by Gasteiger charge is -2.38. The number of piperazine rings is 1. The van der Waals surface area contributed by atoms with Crippen LogP contribution in [0.1, 0.15) is 24.5 Å². The molecular formula is C21H18F6N4O4S. The van der Waals surface area contributed by atoms with E-state index < -0.39 is 36.7 Å².